The number of thiocarbonyl (C=S) groups is 1. The Morgan fingerprint density at radius 3 is 2.33 bits per heavy atom. The molecule has 0 aliphatic rings. The summed E-state index contributed by atoms with van der Waals surface area (Å²) in [5.41, 5.74) is 1.30. The monoisotopic (exact) mass is 312 g/mol. The predicted octanol–water partition coefficient (Wildman–Crippen LogP) is 5.16. The van der Waals surface area contributed by atoms with Crippen LogP contribution in [-0.4, -0.2) is 41.7 Å². The van der Waals surface area contributed by atoms with E-state index >= 15 is 0 Å². The first kappa shape index (κ1) is 20.7. The number of hydrogen-bond donors (Lipinski definition) is 0. The van der Waals surface area contributed by atoms with Crippen molar-refractivity contribution in [1.82, 2.24) is 4.90 Å². The molecule has 0 radical (unpaired) electrons. The summed E-state index contributed by atoms with van der Waals surface area (Å²) in [4.78, 5) is 8.50. The summed E-state index contributed by atoms with van der Waals surface area (Å²) in [6, 6.07) is 0. The van der Waals surface area contributed by atoms with Crippen LogP contribution in [-0.2, 0) is 0 Å². The van der Waals surface area contributed by atoms with Crippen LogP contribution < -0.4 is 0 Å². The van der Waals surface area contributed by atoms with Crippen molar-refractivity contribution in [3.63, 3.8) is 0 Å². The van der Waals surface area contributed by atoms with Gasteiger partial charge in [-0.2, -0.15) is 0 Å². The average Bonchev–Trinajstić information content (AvgIpc) is 2.38. The molecule has 0 aliphatic heterocycles. The zero-order valence-electron chi connectivity index (χ0n) is 15.0. The van der Waals surface area contributed by atoms with E-state index < -0.39 is 0 Å². The fraction of sp³-hybridized carbons (Fsp3) is 0.889. The predicted molar refractivity (Wildman–Crippen MR) is 101 cm³/mol. The van der Waals surface area contributed by atoms with Crippen molar-refractivity contribution in [2.45, 2.75) is 73.1 Å². The van der Waals surface area contributed by atoms with Gasteiger partial charge in [-0.15, -0.1) is 0 Å². The van der Waals surface area contributed by atoms with Gasteiger partial charge >= 0.3 is 0 Å². The quantitative estimate of drug-likeness (QED) is 0.345. The highest BCUT2D eigenvalue weighted by Crippen LogP contribution is 2.04. The fourth-order valence-corrected chi connectivity index (χ4v) is 2.94. The maximum atomic E-state index is 5.39. The van der Waals surface area contributed by atoms with Gasteiger partial charge in [-0.25, -0.2) is 0 Å². The van der Waals surface area contributed by atoms with Crippen LogP contribution in [0.4, 0.5) is 0 Å². The van der Waals surface area contributed by atoms with Crippen molar-refractivity contribution in [1.29, 1.82) is 0 Å². The smallest absolute Gasteiger partial charge is 0.0516 e. The molecule has 0 bridgehead atoms. The summed E-state index contributed by atoms with van der Waals surface area (Å²) in [6.45, 7) is 15.5. The summed E-state index contributed by atoms with van der Waals surface area (Å²) in [7, 11) is 0. The van der Waals surface area contributed by atoms with Crippen LogP contribution in [0.3, 0.4) is 0 Å². The fourth-order valence-electron chi connectivity index (χ4n) is 2.59. The molecule has 0 aromatic carbocycles. The molecule has 0 aromatic heterocycles. The molecule has 0 fully saturated rings. The largest absolute Gasteiger partial charge is 0.301 e. The van der Waals surface area contributed by atoms with Crippen LogP contribution in [0.5, 0.6) is 0 Å². The van der Waals surface area contributed by atoms with E-state index in [4.69, 9.17) is 17.2 Å². The zero-order chi connectivity index (χ0) is 16.1. The number of nitrogens with zero attached hydrogens (tertiary/aromatic N) is 2. The van der Waals surface area contributed by atoms with Gasteiger partial charge in [-0.1, -0.05) is 46.3 Å². The summed E-state index contributed by atoms with van der Waals surface area (Å²) in [5, 5.41) is 0. The molecule has 124 valence electrons. The molecular formula is C18H36N2S. The van der Waals surface area contributed by atoms with Crippen LogP contribution >= 0.6 is 12.2 Å². The first-order valence-electron chi connectivity index (χ1n) is 8.73. The Labute approximate surface area is 138 Å². The van der Waals surface area contributed by atoms with E-state index in [2.05, 4.69) is 39.5 Å². The van der Waals surface area contributed by atoms with Crippen molar-refractivity contribution >= 4 is 22.8 Å². The Morgan fingerprint density at radius 1 is 1.05 bits per heavy atom. The topological polar surface area (TPSA) is 15.6 Å². The SMILES string of the molecule is CCCC(=S)CCCN(CCC)CCN=C(C)CC(C)C. The number of hydrogen-bond acceptors (Lipinski definition) is 3. The molecule has 21 heavy (non-hydrogen) atoms. The third-order valence-corrected chi connectivity index (χ3v) is 3.91. The van der Waals surface area contributed by atoms with Gasteiger partial charge in [0.1, 0.15) is 0 Å². The van der Waals surface area contributed by atoms with Gasteiger partial charge in [-0.05, 0) is 62.9 Å². The summed E-state index contributed by atoms with van der Waals surface area (Å²) < 4.78 is 0. The average molecular weight is 313 g/mol. The zero-order valence-corrected chi connectivity index (χ0v) is 15.8. The molecule has 0 atom stereocenters. The van der Waals surface area contributed by atoms with E-state index in [1.807, 2.05) is 0 Å². The molecule has 0 unspecified atom stereocenters. The lowest BCUT2D eigenvalue weighted by atomic mass is 10.1. The van der Waals surface area contributed by atoms with Gasteiger partial charge < -0.3 is 4.90 Å². The molecule has 0 spiro atoms. The standard InChI is InChI=1S/C18H36N2S/c1-6-9-18(21)10-8-13-20(12-7-2)14-11-19-17(5)15-16(3)4/h16H,6-15H2,1-5H3. The van der Waals surface area contributed by atoms with Crippen molar-refractivity contribution < 1.29 is 0 Å². The lowest BCUT2D eigenvalue weighted by molar-refractivity contribution is 0.280. The second kappa shape index (κ2) is 13.4. The van der Waals surface area contributed by atoms with Crippen molar-refractivity contribution in [3.05, 3.63) is 0 Å². The first-order valence-corrected chi connectivity index (χ1v) is 9.14. The Kier molecular flexibility index (Phi) is 13.2. The van der Waals surface area contributed by atoms with Crippen LogP contribution in [0, 0.1) is 5.92 Å². The van der Waals surface area contributed by atoms with Crippen LogP contribution in [0.15, 0.2) is 4.99 Å². The third-order valence-electron chi connectivity index (χ3n) is 3.50. The summed E-state index contributed by atoms with van der Waals surface area (Å²) in [5.74, 6) is 0.708. The van der Waals surface area contributed by atoms with Gasteiger partial charge in [0.25, 0.3) is 0 Å². The second-order valence-corrected chi connectivity index (χ2v) is 7.03. The molecule has 0 rings (SSSR count). The van der Waals surface area contributed by atoms with Gasteiger partial charge in [-0.3, -0.25) is 4.99 Å². The minimum absolute atomic E-state index is 0.708. The molecule has 0 aliphatic carbocycles. The Bertz CT molecular complexity index is 298. The van der Waals surface area contributed by atoms with Gasteiger partial charge in [0, 0.05) is 12.3 Å². The Hall–Kier alpha value is -0.280. The van der Waals surface area contributed by atoms with Crippen molar-refractivity contribution in [2.75, 3.05) is 26.2 Å². The number of rotatable bonds is 13. The lowest BCUT2D eigenvalue weighted by Crippen LogP contribution is -2.29. The first-order chi connectivity index (χ1) is 9.99. The third kappa shape index (κ3) is 13.1. The van der Waals surface area contributed by atoms with Crippen molar-refractivity contribution in [2.24, 2.45) is 10.9 Å². The molecule has 0 amide bonds. The normalized spacial score (nSPS) is 12.4. The second-order valence-electron chi connectivity index (χ2n) is 6.45. The van der Waals surface area contributed by atoms with Crippen molar-refractivity contribution in [3.8, 4) is 0 Å². The molecule has 2 nitrogen and oxygen atoms in total. The summed E-state index contributed by atoms with van der Waals surface area (Å²) in [6.07, 6.45) is 6.95. The summed E-state index contributed by atoms with van der Waals surface area (Å²) >= 11 is 5.39. The van der Waals surface area contributed by atoms with E-state index in [1.165, 1.54) is 36.4 Å². The Morgan fingerprint density at radius 2 is 1.76 bits per heavy atom. The number of aliphatic imine (C=N–C) groups is 1. The highest BCUT2D eigenvalue weighted by atomic mass is 32.1. The van der Waals surface area contributed by atoms with E-state index in [-0.39, 0.29) is 0 Å². The molecule has 3 heteroatoms. The molecule has 0 saturated heterocycles. The lowest BCUT2D eigenvalue weighted by Gasteiger charge is -2.21. The van der Waals surface area contributed by atoms with E-state index in [1.54, 1.807) is 0 Å². The highest BCUT2D eigenvalue weighted by Gasteiger charge is 2.04. The Balaban J connectivity index is 3.98. The molecule has 0 aromatic rings. The van der Waals surface area contributed by atoms with Gasteiger partial charge in [0.15, 0.2) is 0 Å². The van der Waals surface area contributed by atoms with E-state index in [9.17, 15) is 0 Å². The minimum atomic E-state index is 0.708. The molecule has 0 heterocycles. The minimum Gasteiger partial charge on any atom is -0.301 e. The maximum Gasteiger partial charge on any atom is 0.0516 e. The van der Waals surface area contributed by atoms with E-state index in [0.29, 0.717) is 5.92 Å². The van der Waals surface area contributed by atoms with Gasteiger partial charge in [0.05, 0.1) is 6.54 Å². The molecule has 0 N–H and O–H groups in total. The van der Waals surface area contributed by atoms with Gasteiger partial charge in [0.2, 0.25) is 0 Å². The van der Waals surface area contributed by atoms with Crippen LogP contribution in [0.25, 0.3) is 0 Å². The highest BCUT2D eigenvalue weighted by molar-refractivity contribution is 7.80. The van der Waals surface area contributed by atoms with Crippen LogP contribution in [0.1, 0.15) is 73.1 Å². The molecule has 0 saturated carbocycles. The maximum absolute atomic E-state index is 5.39. The van der Waals surface area contributed by atoms with Crippen LogP contribution in [0.2, 0.25) is 0 Å². The van der Waals surface area contributed by atoms with E-state index in [0.717, 1.165) is 38.9 Å². The molecular weight excluding hydrogens is 276 g/mol.